The number of benzene rings is 1. The van der Waals surface area contributed by atoms with Gasteiger partial charge in [0.25, 0.3) is 0 Å². The van der Waals surface area contributed by atoms with Crippen LogP contribution in [0.25, 0.3) is 0 Å². The molecule has 0 bridgehead atoms. The average Bonchev–Trinajstić information content (AvgIpc) is 2.30. The fourth-order valence-electron chi connectivity index (χ4n) is 1.52. The summed E-state index contributed by atoms with van der Waals surface area (Å²) in [5.41, 5.74) is 1.83. The molecule has 1 rings (SSSR count). The Kier molecular flexibility index (Phi) is 5.65. The molecule has 0 radical (unpaired) electrons. The van der Waals surface area contributed by atoms with E-state index >= 15 is 0 Å². The van der Waals surface area contributed by atoms with E-state index in [9.17, 15) is 4.79 Å². The van der Waals surface area contributed by atoms with Crippen molar-refractivity contribution >= 4 is 11.6 Å². The lowest BCUT2D eigenvalue weighted by Crippen LogP contribution is -2.32. The zero-order valence-electron chi connectivity index (χ0n) is 11.5. The van der Waals surface area contributed by atoms with Gasteiger partial charge >= 0.3 is 0 Å². The van der Waals surface area contributed by atoms with E-state index in [0.717, 1.165) is 17.0 Å². The fourth-order valence-corrected chi connectivity index (χ4v) is 1.52. The predicted octanol–water partition coefficient (Wildman–Crippen LogP) is 2.33. The molecule has 0 aliphatic rings. The van der Waals surface area contributed by atoms with Crippen LogP contribution >= 0.6 is 0 Å². The quantitative estimate of drug-likeness (QED) is 0.814. The van der Waals surface area contributed by atoms with E-state index in [1.54, 1.807) is 0 Å². The fraction of sp³-hybridized carbons (Fsp3) is 0.500. The maximum atomic E-state index is 11.7. The lowest BCUT2D eigenvalue weighted by Gasteiger charge is -2.12. The van der Waals surface area contributed by atoms with Gasteiger partial charge in [0.2, 0.25) is 5.91 Å². The van der Waals surface area contributed by atoms with E-state index in [2.05, 4.69) is 10.6 Å². The number of carbonyl (C=O) groups excluding carboxylic acids is 1. The summed E-state index contributed by atoms with van der Waals surface area (Å²) in [5, 5.41) is 5.96. The molecule has 1 aromatic carbocycles. The smallest absolute Gasteiger partial charge is 0.238 e. The summed E-state index contributed by atoms with van der Waals surface area (Å²) < 4.78 is 5.40. The Morgan fingerprint density at radius 3 is 2.67 bits per heavy atom. The number of ether oxygens (including phenoxy) is 1. The molecule has 1 amide bonds. The molecule has 0 aromatic heterocycles. The van der Waals surface area contributed by atoms with Crippen molar-refractivity contribution in [3.05, 3.63) is 23.8 Å². The van der Waals surface area contributed by atoms with E-state index in [-0.39, 0.29) is 5.91 Å². The van der Waals surface area contributed by atoms with Gasteiger partial charge in [-0.05, 0) is 37.6 Å². The lowest BCUT2D eigenvalue weighted by atomic mass is 10.2. The van der Waals surface area contributed by atoms with Gasteiger partial charge < -0.3 is 15.4 Å². The van der Waals surface area contributed by atoms with Crippen LogP contribution in [0.2, 0.25) is 0 Å². The highest BCUT2D eigenvalue weighted by molar-refractivity contribution is 5.93. The normalized spacial score (nSPS) is 10.5. The van der Waals surface area contributed by atoms with E-state index in [1.165, 1.54) is 0 Å². The van der Waals surface area contributed by atoms with Crippen LogP contribution in [0.1, 0.15) is 26.3 Å². The molecule has 0 saturated carbocycles. The molecule has 100 valence electrons. The Morgan fingerprint density at radius 1 is 1.39 bits per heavy atom. The van der Waals surface area contributed by atoms with Crippen LogP contribution in [-0.2, 0) is 4.79 Å². The number of nitrogens with one attached hydrogen (secondary N) is 2. The van der Waals surface area contributed by atoms with Crippen molar-refractivity contribution in [3.8, 4) is 5.75 Å². The zero-order valence-corrected chi connectivity index (χ0v) is 11.5. The average molecular weight is 250 g/mol. The number of aryl methyl sites for hydroxylation is 1. The molecular weight excluding hydrogens is 228 g/mol. The third-order valence-electron chi connectivity index (χ3n) is 2.45. The minimum Gasteiger partial charge on any atom is -0.494 e. The maximum Gasteiger partial charge on any atom is 0.238 e. The summed E-state index contributed by atoms with van der Waals surface area (Å²) >= 11 is 0. The maximum absolute atomic E-state index is 11.7. The number of carbonyl (C=O) groups is 1. The largest absolute Gasteiger partial charge is 0.494 e. The third kappa shape index (κ3) is 4.75. The van der Waals surface area contributed by atoms with Crippen LogP contribution in [0.4, 0.5) is 5.69 Å². The van der Waals surface area contributed by atoms with Crippen LogP contribution in [-0.4, -0.2) is 25.1 Å². The van der Waals surface area contributed by atoms with Gasteiger partial charge in [-0.15, -0.1) is 0 Å². The Morgan fingerprint density at radius 2 is 2.11 bits per heavy atom. The van der Waals surface area contributed by atoms with E-state index in [4.69, 9.17) is 4.74 Å². The Balaban J connectivity index is 2.59. The number of hydrogen-bond donors (Lipinski definition) is 2. The number of anilines is 1. The number of hydrogen-bond acceptors (Lipinski definition) is 3. The highest BCUT2D eigenvalue weighted by Gasteiger charge is 2.06. The second-order valence-electron chi connectivity index (χ2n) is 4.49. The minimum absolute atomic E-state index is 0.0315. The van der Waals surface area contributed by atoms with Crippen LogP contribution in [0.15, 0.2) is 18.2 Å². The molecule has 0 heterocycles. The Hall–Kier alpha value is -1.55. The molecular formula is C14H22N2O2. The molecule has 0 fully saturated rings. The lowest BCUT2D eigenvalue weighted by molar-refractivity contribution is -0.115. The summed E-state index contributed by atoms with van der Waals surface area (Å²) in [6.07, 6.45) is 0. The summed E-state index contributed by atoms with van der Waals surface area (Å²) in [4.78, 5) is 11.7. The van der Waals surface area contributed by atoms with Crippen molar-refractivity contribution < 1.29 is 9.53 Å². The zero-order chi connectivity index (χ0) is 13.5. The monoisotopic (exact) mass is 250 g/mol. The van der Waals surface area contributed by atoms with E-state index < -0.39 is 0 Å². The standard InChI is InChI=1S/C14H22N2O2/c1-5-18-12-6-7-13(11(4)8-12)16-14(17)9-15-10(2)3/h6-8,10,15H,5,9H2,1-4H3,(H,16,17). The molecule has 0 aliphatic heterocycles. The van der Waals surface area contributed by atoms with E-state index in [0.29, 0.717) is 19.2 Å². The van der Waals surface area contributed by atoms with Crippen molar-refractivity contribution in [1.29, 1.82) is 0 Å². The first-order valence-electron chi connectivity index (χ1n) is 6.29. The first-order valence-corrected chi connectivity index (χ1v) is 6.29. The second kappa shape index (κ2) is 7.01. The Labute approximate surface area is 109 Å². The second-order valence-corrected chi connectivity index (χ2v) is 4.49. The van der Waals surface area contributed by atoms with E-state index in [1.807, 2.05) is 45.9 Å². The highest BCUT2D eigenvalue weighted by atomic mass is 16.5. The third-order valence-corrected chi connectivity index (χ3v) is 2.45. The van der Waals surface area contributed by atoms with Gasteiger partial charge in [0.15, 0.2) is 0 Å². The van der Waals surface area contributed by atoms with Crippen LogP contribution < -0.4 is 15.4 Å². The summed E-state index contributed by atoms with van der Waals surface area (Å²) in [5.74, 6) is 0.796. The summed E-state index contributed by atoms with van der Waals surface area (Å²) in [6, 6.07) is 5.96. The summed E-state index contributed by atoms with van der Waals surface area (Å²) in [7, 11) is 0. The Bertz CT molecular complexity index is 403. The summed E-state index contributed by atoms with van der Waals surface area (Å²) in [6.45, 7) is 8.88. The van der Waals surface area contributed by atoms with Gasteiger partial charge in [0.1, 0.15) is 5.75 Å². The molecule has 4 nitrogen and oxygen atoms in total. The van der Waals surface area contributed by atoms with Crippen molar-refractivity contribution in [3.63, 3.8) is 0 Å². The van der Waals surface area contributed by atoms with Gasteiger partial charge in [-0.2, -0.15) is 0 Å². The molecule has 0 aliphatic carbocycles. The molecule has 4 heteroatoms. The highest BCUT2D eigenvalue weighted by Crippen LogP contribution is 2.21. The number of rotatable bonds is 6. The molecule has 1 aromatic rings. The van der Waals surface area contributed by atoms with Crippen LogP contribution in [0.5, 0.6) is 5.75 Å². The SMILES string of the molecule is CCOc1ccc(NC(=O)CNC(C)C)c(C)c1. The van der Waals surface area contributed by atoms with Crippen molar-refractivity contribution in [2.75, 3.05) is 18.5 Å². The minimum atomic E-state index is -0.0315. The van der Waals surface area contributed by atoms with Gasteiger partial charge in [-0.25, -0.2) is 0 Å². The first-order chi connectivity index (χ1) is 8.52. The van der Waals surface area contributed by atoms with Gasteiger partial charge in [-0.3, -0.25) is 4.79 Å². The van der Waals surface area contributed by atoms with Crippen molar-refractivity contribution in [1.82, 2.24) is 5.32 Å². The molecule has 0 spiro atoms. The van der Waals surface area contributed by atoms with Gasteiger partial charge in [0.05, 0.1) is 13.2 Å². The van der Waals surface area contributed by atoms with Gasteiger partial charge in [-0.1, -0.05) is 13.8 Å². The first kappa shape index (κ1) is 14.5. The molecule has 0 saturated heterocycles. The predicted molar refractivity (Wildman–Crippen MR) is 74.1 cm³/mol. The molecule has 18 heavy (non-hydrogen) atoms. The van der Waals surface area contributed by atoms with Gasteiger partial charge in [0, 0.05) is 11.7 Å². The van der Waals surface area contributed by atoms with Crippen molar-refractivity contribution in [2.24, 2.45) is 0 Å². The topological polar surface area (TPSA) is 50.4 Å². The van der Waals surface area contributed by atoms with Crippen LogP contribution in [0.3, 0.4) is 0 Å². The molecule has 2 N–H and O–H groups in total. The molecule has 0 atom stereocenters. The van der Waals surface area contributed by atoms with Crippen molar-refractivity contribution in [2.45, 2.75) is 33.7 Å². The molecule has 0 unspecified atom stereocenters. The van der Waals surface area contributed by atoms with Crippen LogP contribution in [0, 0.1) is 6.92 Å². The number of amides is 1.